The molecule has 3 nitrogen and oxygen atoms in total. The summed E-state index contributed by atoms with van der Waals surface area (Å²) in [6, 6.07) is 19.5. The number of rotatable bonds is 6. The summed E-state index contributed by atoms with van der Waals surface area (Å²) >= 11 is 0. The highest BCUT2D eigenvalue weighted by Crippen LogP contribution is 2.36. The molecule has 1 atom stereocenters. The van der Waals surface area contributed by atoms with E-state index in [1.165, 1.54) is 27.7 Å². The molecule has 1 saturated heterocycles. The summed E-state index contributed by atoms with van der Waals surface area (Å²) in [7, 11) is 0. The summed E-state index contributed by atoms with van der Waals surface area (Å²) in [5, 5.41) is 1.24. The zero-order chi connectivity index (χ0) is 18.6. The second-order valence-electron chi connectivity index (χ2n) is 7.92. The summed E-state index contributed by atoms with van der Waals surface area (Å²) in [6.07, 6.45) is 4.01. The molecule has 140 valence electrons. The number of aromatic nitrogens is 1. The fraction of sp³-hybridized carbons (Fsp3) is 0.375. The first-order chi connectivity index (χ1) is 13.2. The maximum absolute atomic E-state index is 11.4. The summed E-state index contributed by atoms with van der Waals surface area (Å²) in [4.78, 5) is 17.5. The smallest absolute Gasteiger partial charge is 0.120 e. The molecule has 1 N–H and O–H groups in total. The fourth-order valence-corrected chi connectivity index (χ4v) is 4.50. The second kappa shape index (κ2) is 8.10. The van der Waals surface area contributed by atoms with E-state index in [1.54, 1.807) is 0 Å². The molecule has 1 aromatic heterocycles. The lowest BCUT2D eigenvalue weighted by Gasteiger charge is -2.35. The average Bonchev–Trinajstić information content (AvgIpc) is 3.10. The van der Waals surface area contributed by atoms with E-state index in [0.717, 1.165) is 38.8 Å². The molecule has 0 spiro atoms. The normalized spacial score (nSPS) is 17.2. The first-order valence-electron chi connectivity index (χ1n) is 10.0. The number of likely N-dealkylation sites (tertiary alicyclic amines) is 1. The van der Waals surface area contributed by atoms with Crippen LogP contribution in [0, 0.1) is 12.8 Å². The number of aryl methyl sites for hydroxylation is 1. The Balaban J connectivity index is 1.45. The third-order valence-electron chi connectivity index (χ3n) is 6.00. The van der Waals surface area contributed by atoms with E-state index in [2.05, 4.69) is 71.4 Å². The molecule has 0 radical (unpaired) electrons. The van der Waals surface area contributed by atoms with Gasteiger partial charge in [-0.1, -0.05) is 42.5 Å². The van der Waals surface area contributed by atoms with Crippen LogP contribution in [0.1, 0.15) is 42.0 Å². The topological polar surface area (TPSA) is 36.1 Å². The number of carbonyl (C=O) groups is 1. The molecule has 4 rings (SSSR count). The number of benzene rings is 2. The van der Waals surface area contributed by atoms with Crippen molar-refractivity contribution in [2.75, 3.05) is 13.1 Å². The molecule has 27 heavy (non-hydrogen) atoms. The van der Waals surface area contributed by atoms with Crippen LogP contribution in [0.4, 0.5) is 0 Å². The van der Waals surface area contributed by atoms with Gasteiger partial charge >= 0.3 is 0 Å². The molecule has 3 heteroatoms. The van der Waals surface area contributed by atoms with Crippen molar-refractivity contribution < 1.29 is 4.79 Å². The highest BCUT2D eigenvalue weighted by molar-refractivity contribution is 5.81. The highest BCUT2D eigenvalue weighted by Gasteiger charge is 2.28. The van der Waals surface area contributed by atoms with E-state index >= 15 is 0 Å². The molecule has 1 aliphatic heterocycles. The number of nitrogens with one attached hydrogen (secondary N) is 1. The first kappa shape index (κ1) is 18.0. The molecule has 0 amide bonds. The number of nitrogens with zero attached hydrogens (tertiary/aromatic N) is 1. The predicted molar refractivity (Wildman–Crippen MR) is 111 cm³/mol. The molecule has 1 unspecified atom stereocenters. The van der Waals surface area contributed by atoms with E-state index in [1.807, 2.05) is 0 Å². The number of aldehydes is 1. The van der Waals surface area contributed by atoms with Gasteiger partial charge < -0.3 is 9.78 Å². The van der Waals surface area contributed by atoms with Crippen LogP contribution in [0.2, 0.25) is 0 Å². The maximum atomic E-state index is 11.4. The zero-order valence-electron chi connectivity index (χ0n) is 16.0. The van der Waals surface area contributed by atoms with Crippen LogP contribution in [-0.4, -0.2) is 29.3 Å². The van der Waals surface area contributed by atoms with Crippen molar-refractivity contribution in [1.82, 2.24) is 9.88 Å². The van der Waals surface area contributed by atoms with E-state index in [9.17, 15) is 4.79 Å². The van der Waals surface area contributed by atoms with E-state index in [0.29, 0.717) is 18.3 Å². The van der Waals surface area contributed by atoms with E-state index in [-0.39, 0.29) is 0 Å². The Labute approximate surface area is 161 Å². The summed E-state index contributed by atoms with van der Waals surface area (Å²) in [6.45, 7) is 5.35. The fourth-order valence-electron chi connectivity index (χ4n) is 4.50. The predicted octanol–water partition coefficient (Wildman–Crippen LogP) is 5.06. The number of aromatic amines is 1. The van der Waals surface area contributed by atoms with Crippen LogP contribution in [-0.2, 0) is 11.3 Å². The second-order valence-corrected chi connectivity index (χ2v) is 7.92. The molecule has 1 fully saturated rings. The Morgan fingerprint density at radius 1 is 1.11 bits per heavy atom. The quantitative estimate of drug-likeness (QED) is 0.624. The number of hydrogen-bond donors (Lipinski definition) is 1. The van der Waals surface area contributed by atoms with Gasteiger partial charge in [0.15, 0.2) is 0 Å². The van der Waals surface area contributed by atoms with Crippen molar-refractivity contribution >= 4 is 17.2 Å². The number of carbonyl (C=O) groups excluding carboxylic acids is 1. The zero-order valence-corrected chi connectivity index (χ0v) is 16.0. The Morgan fingerprint density at radius 2 is 1.89 bits per heavy atom. The number of piperidine rings is 1. The first-order valence-corrected chi connectivity index (χ1v) is 10.0. The van der Waals surface area contributed by atoms with Crippen LogP contribution < -0.4 is 0 Å². The lowest BCUT2D eigenvalue weighted by atomic mass is 9.80. The van der Waals surface area contributed by atoms with Crippen molar-refractivity contribution in [2.24, 2.45) is 5.92 Å². The van der Waals surface area contributed by atoms with Gasteiger partial charge in [-0.2, -0.15) is 0 Å². The lowest BCUT2D eigenvalue weighted by molar-refractivity contribution is -0.108. The third-order valence-corrected chi connectivity index (χ3v) is 6.00. The minimum Gasteiger partial charge on any atom is -0.358 e. The van der Waals surface area contributed by atoms with Gasteiger partial charge in [0.05, 0.1) is 0 Å². The van der Waals surface area contributed by atoms with Gasteiger partial charge in [-0.3, -0.25) is 4.90 Å². The van der Waals surface area contributed by atoms with Crippen molar-refractivity contribution in [3.05, 3.63) is 71.4 Å². The molecule has 2 heterocycles. The maximum Gasteiger partial charge on any atom is 0.120 e. The van der Waals surface area contributed by atoms with Gasteiger partial charge in [0.1, 0.15) is 6.29 Å². The van der Waals surface area contributed by atoms with Gasteiger partial charge in [-0.25, -0.2) is 0 Å². The number of H-pyrrole nitrogens is 1. The molecule has 3 aromatic rings. The Bertz CT molecular complexity index is 891. The van der Waals surface area contributed by atoms with Crippen LogP contribution in [0.15, 0.2) is 54.6 Å². The molecule has 2 aromatic carbocycles. The molecular formula is C24H28N2O. The number of hydrogen-bond acceptors (Lipinski definition) is 2. The summed E-state index contributed by atoms with van der Waals surface area (Å²) < 4.78 is 0. The largest absolute Gasteiger partial charge is 0.358 e. The Kier molecular flexibility index (Phi) is 5.40. The Morgan fingerprint density at radius 3 is 2.63 bits per heavy atom. The van der Waals surface area contributed by atoms with Gasteiger partial charge in [0, 0.05) is 30.1 Å². The molecule has 0 bridgehead atoms. The van der Waals surface area contributed by atoms with Crippen LogP contribution in [0.3, 0.4) is 0 Å². The van der Waals surface area contributed by atoms with Crippen molar-refractivity contribution in [3.63, 3.8) is 0 Å². The third kappa shape index (κ3) is 4.14. The minimum atomic E-state index is 0.300. The van der Waals surface area contributed by atoms with E-state index < -0.39 is 0 Å². The molecule has 0 saturated carbocycles. The summed E-state index contributed by atoms with van der Waals surface area (Å²) in [5.41, 5.74) is 5.05. The monoisotopic (exact) mass is 360 g/mol. The van der Waals surface area contributed by atoms with Gasteiger partial charge in [0.2, 0.25) is 0 Å². The van der Waals surface area contributed by atoms with Crippen molar-refractivity contribution in [2.45, 2.75) is 38.6 Å². The van der Waals surface area contributed by atoms with Gasteiger partial charge in [0.25, 0.3) is 0 Å². The minimum absolute atomic E-state index is 0.300. The van der Waals surface area contributed by atoms with Crippen LogP contribution >= 0.6 is 0 Å². The van der Waals surface area contributed by atoms with Crippen LogP contribution in [0.25, 0.3) is 10.9 Å². The van der Waals surface area contributed by atoms with Crippen molar-refractivity contribution in [3.8, 4) is 0 Å². The SMILES string of the molecule is Cc1ccc2cc(C(CC=O)C3CCN(Cc4ccccc4)CC3)[nH]c2c1. The number of fused-ring (bicyclic) bond motifs is 1. The van der Waals surface area contributed by atoms with Gasteiger partial charge in [-0.15, -0.1) is 0 Å². The Hall–Kier alpha value is -2.39. The van der Waals surface area contributed by atoms with Gasteiger partial charge in [-0.05, 0) is 67.4 Å². The lowest BCUT2D eigenvalue weighted by Crippen LogP contribution is -2.35. The van der Waals surface area contributed by atoms with Crippen LogP contribution in [0.5, 0.6) is 0 Å². The summed E-state index contributed by atoms with van der Waals surface area (Å²) in [5.74, 6) is 0.866. The van der Waals surface area contributed by atoms with E-state index in [4.69, 9.17) is 0 Å². The molecule has 0 aliphatic carbocycles. The molecular weight excluding hydrogens is 332 g/mol. The molecule has 1 aliphatic rings. The highest BCUT2D eigenvalue weighted by atomic mass is 16.1. The average molecular weight is 361 g/mol. The van der Waals surface area contributed by atoms with Crippen molar-refractivity contribution in [1.29, 1.82) is 0 Å². The standard InChI is InChI=1S/C24H28N2O/c1-18-7-8-21-16-24(25-23(21)15-18)22(11-14-27)20-9-12-26(13-10-20)17-19-5-3-2-4-6-19/h2-8,14-16,20,22,25H,9-13,17H2,1H3.